The zero-order chi connectivity index (χ0) is 22.0. The van der Waals surface area contributed by atoms with E-state index in [4.69, 9.17) is 4.74 Å². The number of rotatable bonds is 7. The van der Waals surface area contributed by atoms with Gasteiger partial charge in [0.1, 0.15) is 5.75 Å². The molecule has 3 saturated carbocycles. The Morgan fingerprint density at radius 2 is 1.94 bits per heavy atom. The predicted octanol–water partition coefficient (Wildman–Crippen LogP) is 4.77. The summed E-state index contributed by atoms with van der Waals surface area (Å²) in [6.07, 6.45) is 8.10. The standard InChI is InChI=1S/C22H31IN4O3S/c1-13-15(6-9-19(23)22(13,2)3)12-30-18-10-20-24-25-21(26-31(28,29)16-7-8-16)27(20)11-17(18)14-4-5-14/h10-11,13-16,19H,4-9,12H2,1-3H3,(H,25,26)/t13?,15-,19-/m1/s1. The number of anilines is 1. The number of nitrogens with one attached hydrogen (secondary N) is 1. The van der Waals surface area contributed by atoms with Gasteiger partial charge in [-0.25, -0.2) is 8.42 Å². The number of sulfonamides is 1. The summed E-state index contributed by atoms with van der Waals surface area (Å²) in [5, 5.41) is 8.02. The van der Waals surface area contributed by atoms with Crippen LogP contribution in [0.4, 0.5) is 5.95 Å². The van der Waals surface area contributed by atoms with Crippen LogP contribution >= 0.6 is 22.6 Å². The maximum Gasteiger partial charge on any atom is 0.242 e. The minimum Gasteiger partial charge on any atom is -0.493 e. The van der Waals surface area contributed by atoms with Crippen molar-refractivity contribution < 1.29 is 13.2 Å². The number of pyridine rings is 1. The topological polar surface area (TPSA) is 85.6 Å². The molecule has 1 N–H and O–H groups in total. The summed E-state index contributed by atoms with van der Waals surface area (Å²) < 4.78 is 36.2. The zero-order valence-corrected chi connectivity index (χ0v) is 21.3. The summed E-state index contributed by atoms with van der Waals surface area (Å²) in [4.78, 5) is 0. The number of aromatic nitrogens is 3. The molecule has 3 atom stereocenters. The predicted molar refractivity (Wildman–Crippen MR) is 129 cm³/mol. The Kier molecular flexibility index (Phi) is 5.43. The number of fused-ring (bicyclic) bond motifs is 1. The van der Waals surface area contributed by atoms with Crippen LogP contribution in [0.2, 0.25) is 0 Å². The molecule has 31 heavy (non-hydrogen) atoms. The second-order valence-corrected chi connectivity index (χ2v) is 13.7. The van der Waals surface area contributed by atoms with E-state index >= 15 is 0 Å². The number of hydrogen-bond acceptors (Lipinski definition) is 5. The molecule has 3 fully saturated rings. The molecule has 1 unspecified atom stereocenters. The molecular formula is C22H31IN4O3S. The van der Waals surface area contributed by atoms with Gasteiger partial charge < -0.3 is 4.74 Å². The Morgan fingerprint density at radius 1 is 1.19 bits per heavy atom. The first kappa shape index (κ1) is 21.7. The largest absolute Gasteiger partial charge is 0.493 e. The van der Waals surface area contributed by atoms with Crippen molar-refractivity contribution >= 4 is 44.2 Å². The van der Waals surface area contributed by atoms with Gasteiger partial charge in [-0.15, -0.1) is 10.2 Å². The van der Waals surface area contributed by atoms with Gasteiger partial charge in [0, 0.05) is 21.8 Å². The molecule has 7 nitrogen and oxygen atoms in total. The van der Waals surface area contributed by atoms with E-state index in [1.807, 2.05) is 12.3 Å². The van der Waals surface area contributed by atoms with Gasteiger partial charge in [0.05, 0.1) is 11.9 Å². The van der Waals surface area contributed by atoms with Gasteiger partial charge in [-0.2, -0.15) is 0 Å². The van der Waals surface area contributed by atoms with Crippen LogP contribution in [0.3, 0.4) is 0 Å². The molecule has 170 valence electrons. The molecule has 0 aromatic carbocycles. The number of halogens is 1. The highest BCUT2D eigenvalue weighted by Crippen LogP contribution is 2.48. The molecule has 2 aromatic heterocycles. The minimum atomic E-state index is -3.38. The minimum absolute atomic E-state index is 0.270. The van der Waals surface area contributed by atoms with Crippen molar-refractivity contribution in [1.82, 2.24) is 14.6 Å². The summed E-state index contributed by atoms with van der Waals surface area (Å²) in [7, 11) is -3.38. The monoisotopic (exact) mass is 558 g/mol. The van der Waals surface area contributed by atoms with Gasteiger partial charge in [0.2, 0.25) is 16.0 Å². The molecule has 0 aliphatic heterocycles. The summed E-state index contributed by atoms with van der Waals surface area (Å²) in [6, 6.07) is 1.93. The van der Waals surface area contributed by atoms with Crippen molar-refractivity contribution in [3.63, 3.8) is 0 Å². The van der Waals surface area contributed by atoms with Crippen LogP contribution in [0.1, 0.15) is 70.8 Å². The van der Waals surface area contributed by atoms with Gasteiger partial charge in [0.25, 0.3) is 0 Å². The number of hydrogen-bond donors (Lipinski definition) is 1. The van der Waals surface area contributed by atoms with Crippen molar-refractivity contribution in [2.75, 3.05) is 11.3 Å². The van der Waals surface area contributed by atoms with Crippen molar-refractivity contribution in [1.29, 1.82) is 0 Å². The van der Waals surface area contributed by atoms with Gasteiger partial charge in [-0.3, -0.25) is 9.12 Å². The third kappa shape index (κ3) is 4.16. The highest BCUT2D eigenvalue weighted by molar-refractivity contribution is 14.1. The Morgan fingerprint density at radius 3 is 2.61 bits per heavy atom. The van der Waals surface area contributed by atoms with Crippen LogP contribution in [-0.4, -0.2) is 38.8 Å². The highest BCUT2D eigenvalue weighted by atomic mass is 127. The Hall–Kier alpha value is -1.10. The lowest BCUT2D eigenvalue weighted by atomic mass is 9.65. The van der Waals surface area contributed by atoms with E-state index in [-0.39, 0.29) is 11.2 Å². The van der Waals surface area contributed by atoms with Crippen LogP contribution in [0.15, 0.2) is 12.3 Å². The van der Waals surface area contributed by atoms with E-state index in [9.17, 15) is 8.42 Å². The van der Waals surface area contributed by atoms with Crippen LogP contribution in [0, 0.1) is 17.3 Å². The lowest BCUT2D eigenvalue weighted by Crippen LogP contribution is -2.42. The van der Waals surface area contributed by atoms with Crippen molar-refractivity contribution in [3.05, 3.63) is 17.8 Å². The van der Waals surface area contributed by atoms with Gasteiger partial charge in [0.15, 0.2) is 5.65 Å². The molecule has 3 aliphatic rings. The van der Waals surface area contributed by atoms with Gasteiger partial charge in [-0.1, -0.05) is 43.4 Å². The fraction of sp³-hybridized carbons (Fsp3) is 0.727. The first-order valence-corrected chi connectivity index (χ1v) is 14.1. The molecule has 5 rings (SSSR count). The van der Waals surface area contributed by atoms with Gasteiger partial charge >= 0.3 is 0 Å². The van der Waals surface area contributed by atoms with Crippen molar-refractivity contribution in [3.8, 4) is 5.75 Å². The van der Waals surface area contributed by atoms with Crippen LogP contribution in [0.5, 0.6) is 5.75 Å². The van der Waals surface area contributed by atoms with Crippen LogP contribution in [0.25, 0.3) is 5.65 Å². The maximum absolute atomic E-state index is 12.4. The molecule has 0 amide bonds. The smallest absolute Gasteiger partial charge is 0.242 e. The van der Waals surface area contributed by atoms with E-state index in [0.29, 0.717) is 52.2 Å². The SMILES string of the molecule is CC1[C@@H](COc2cc3nnc(NS(=O)(=O)C4CC4)n3cc2C2CC2)CC[C@@H](I)C1(C)C. The zero-order valence-electron chi connectivity index (χ0n) is 18.3. The van der Waals surface area contributed by atoms with E-state index in [0.717, 1.165) is 24.2 Å². The second kappa shape index (κ2) is 7.74. The quantitative estimate of drug-likeness (QED) is 0.391. The summed E-state index contributed by atoms with van der Waals surface area (Å²) in [6.45, 7) is 7.83. The average Bonchev–Trinajstić information content (AvgIpc) is 3.62. The molecule has 2 heterocycles. The van der Waals surface area contributed by atoms with Crippen LogP contribution < -0.4 is 9.46 Å². The lowest BCUT2D eigenvalue weighted by Gasteiger charge is -2.45. The fourth-order valence-electron chi connectivity index (χ4n) is 4.72. The van der Waals surface area contributed by atoms with Crippen LogP contribution in [-0.2, 0) is 10.0 Å². The van der Waals surface area contributed by atoms with E-state index in [2.05, 4.69) is 58.3 Å². The number of alkyl halides is 1. The molecule has 3 aliphatic carbocycles. The second-order valence-electron chi connectivity index (χ2n) is 10.2. The molecule has 2 aromatic rings. The first-order chi connectivity index (χ1) is 14.7. The molecule has 0 radical (unpaired) electrons. The lowest BCUT2D eigenvalue weighted by molar-refractivity contribution is 0.0670. The first-order valence-electron chi connectivity index (χ1n) is 11.3. The highest BCUT2D eigenvalue weighted by Gasteiger charge is 2.42. The third-order valence-corrected chi connectivity index (χ3v) is 11.7. The Balaban J connectivity index is 1.38. The van der Waals surface area contributed by atoms with E-state index < -0.39 is 10.0 Å². The molecule has 0 saturated heterocycles. The molecule has 0 spiro atoms. The van der Waals surface area contributed by atoms with E-state index in [1.165, 1.54) is 12.8 Å². The molecule has 0 bridgehead atoms. The van der Waals surface area contributed by atoms with Crippen molar-refractivity contribution in [2.24, 2.45) is 17.3 Å². The molecular weight excluding hydrogens is 527 g/mol. The van der Waals surface area contributed by atoms with Gasteiger partial charge in [-0.05, 0) is 61.7 Å². The normalized spacial score (nSPS) is 28.6. The average molecular weight is 558 g/mol. The Labute approximate surface area is 197 Å². The maximum atomic E-state index is 12.4. The summed E-state index contributed by atoms with van der Waals surface area (Å²) in [5.74, 6) is 2.73. The van der Waals surface area contributed by atoms with E-state index in [1.54, 1.807) is 4.40 Å². The summed E-state index contributed by atoms with van der Waals surface area (Å²) >= 11 is 2.61. The Bertz CT molecular complexity index is 1090. The number of ether oxygens (including phenoxy) is 1. The fourth-order valence-corrected chi connectivity index (χ4v) is 6.96. The van der Waals surface area contributed by atoms with Crippen molar-refractivity contribution in [2.45, 2.75) is 74.4 Å². The molecule has 9 heteroatoms. The summed E-state index contributed by atoms with van der Waals surface area (Å²) in [5.41, 5.74) is 2.04. The number of nitrogens with zero attached hydrogens (tertiary/aromatic N) is 3. The third-order valence-electron chi connectivity index (χ3n) is 7.68.